The summed E-state index contributed by atoms with van der Waals surface area (Å²) in [5.74, 6) is 0.412. The van der Waals surface area contributed by atoms with Crippen LogP contribution < -0.4 is 0 Å². The van der Waals surface area contributed by atoms with E-state index in [0.717, 1.165) is 18.6 Å². The number of hydrogen-bond acceptors (Lipinski definition) is 4. The number of carboxylic acid groups (broad SMARTS) is 1. The molecule has 2 heterocycles. The van der Waals surface area contributed by atoms with Crippen molar-refractivity contribution < 1.29 is 19.5 Å². The molecule has 7 heteroatoms. The molecule has 2 aliphatic heterocycles. The third kappa shape index (κ3) is 3.17. The Labute approximate surface area is 127 Å². The van der Waals surface area contributed by atoms with Crippen LogP contribution in [0.25, 0.3) is 0 Å². The molecule has 3 aliphatic rings. The molecule has 1 saturated carbocycles. The maximum Gasteiger partial charge on any atom is 0.305 e. The van der Waals surface area contributed by atoms with Gasteiger partial charge in [-0.1, -0.05) is 0 Å². The fourth-order valence-corrected chi connectivity index (χ4v) is 4.25. The number of amides is 2. The minimum absolute atomic E-state index is 0.00819. The number of thioether (sulfide) groups is 1. The van der Waals surface area contributed by atoms with Crippen LogP contribution in [0.15, 0.2) is 0 Å². The van der Waals surface area contributed by atoms with Crippen LogP contribution in [-0.4, -0.2) is 69.4 Å². The molecule has 0 bridgehead atoms. The first kappa shape index (κ1) is 14.7. The van der Waals surface area contributed by atoms with Gasteiger partial charge in [-0.3, -0.25) is 14.4 Å². The van der Waals surface area contributed by atoms with Crippen LogP contribution in [0.5, 0.6) is 0 Å². The van der Waals surface area contributed by atoms with Gasteiger partial charge >= 0.3 is 5.97 Å². The normalized spacial score (nSPS) is 29.8. The summed E-state index contributed by atoms with van der Waals surface area (Å²) < 4.78 is 0. The van der Waals surface area contributed by atoms with Crippen molar-refractivity contribution in [2.45, 2.75) is 37.8 Å². The molecule has 0 radical (unpaired) electrons. The summed E-state index contributed by atoms with van der Waals surface area (Å²) >= 11 is 1.69. The van der Waals surface area contributed by atoms with E-state index < -0.39 is 5.97 Å². The zero-order chi connectivity index (χ0) is 15.0. The Kier molecular flexibility index (Phi) is 4.10. The molecule has 0 spiro atoms. The van der Waals surface area contributed by atoms with E-state index in [-0.39, 0.29) is 30.2 Å². The van der Waals surface area contributed by atoms with Crippen molar-refractivity contribution in [1.82, 2.24) is 9.80 Å². The highest BCUT2D eigenvalue weighted by atomic mass is 32.2. The number of nitrogens with zero attached hydrogens (tertiary/aromatic N) is 2. The summed E-state index contributed by atoms with van der Waals surface area (Å²) in [5, 5.41) is 8.99. The van der Waals surface area contributed by atoms with Gasteiger partial charge in [0.05, 0.1) is 18.4 Å². The molecule has 2 atom stereocenters. The zero-order valence-electron chi connectivity index (χ0n) is 11.9. The first-order valence-electron chi connectivity index (χ1n) is 7.45. The van der Waals surface area contributed by atoms with Gasteiger partial charge in [-0.2, -0.15) is 11.8 Å². The first-order chi connectivity index (χ1) is 10.1. The lowest BCUT2D eigenvalue weighted by atomic mass is 10.0. The van der Waals surface area contributed by atoms with E-state index in [1.165, 1.54) is 0 Å². The Morgan fingerprint density at radius 1 is 1.33 bits per heavy atom. The fourth-order valence-electron chi connectivity index (χ4n) is 3.19. The van der Waals surface area contributed by atoms with Crippen molar-refractivity contribution in [2.75, 3.05) is 24.6 Å². The highest BCUT2D eigenvalue weighted by molar-refractivity contribution is 7.99. The average molecular weight is 312 g/mol. The van der Waals surface area contributed by atoms with Gasteiger partial charge in [0.1, 0.15) is 0 Å². The maximum absolute atomic E-state index is 12.7. The Morgan fingerprint density at radius 2 is 2.10 bits per heavy atom. The van der Waals surface area contributed by atoms with Gasteiger partial charge in [0.25, 0.3) is 0 Å². The van der Waals surface area contributed by atoms with Gasteiger partial charge in [-0.05, 0) is 12.8 Å². The Hall–Kier alpha value is -1.24. The van der Waals surface area contributed by atoms with E-state index in [1.54, 1.807) is 16.7 Å². The second-order valence-electron chi connectivity index (χ2n) is 6.04. The van der Waals surface area contributed by atoms with Crippen LogP contribution in [0.2, 0.25) is 0 Å². The largest absolute Gasteiger partial charge is 0.481 e. The molecule has 3 fully saturated rings. The standard InChI is InChI=1S/C14H20N2O4S/c17-12-5-9(7-16(12)10-1-2-10)14(20)15-3-4-21-8-11(15)6-13(18)19/h9-11H,1-8H2,(H,18,19). The van der Waals surface area contributed by atoms with Crippen LogP contribution in [0, 0.1) is 5.92 Å². The topological polar surface area (TPSA) is 77.9 Å². The molecule has 2 amide bonds. The lowest BCUT2D eigenvalue weighted by Crippen LogP contribution is -2.49. The number of hydrogen-bond donors (Lipinski definition) is 1. The Bertz CT molecular complexity index is 466. The summed E-state index contributed by atoms with van der Waals surface area (Å²) in [5.41, 5.74) is 0. The molecule has 2 saturated heterocycles. The predicted molar refractivity (Wildman–Crippen MR) is 77.9 cm³/mol. The molecule has 6 nitrogen and oxygen atoms in total. The quantitative estimate of drug-likeness (QED) is 0.814. The van der Waals surface area contributed by atoms with Gasteiger partial charge in [-0.15, -0.1) is 0 Å². The summed E-state index contributed by atoms with van der Waals surface area (Å²) in [6.07, 6.45) is 2.38. The van der Waals surface area contributed by atoms with Crippen LogP contribution >= 0.6 is 11.8 Å². The van der Waals surface area contributed by atoms with Crippen molar-refractivity contribution in [2.24, 2.45) is 5.92 Å². The van der Waals surface area contributed by atoms with Crippen molar-refractivity contribution in [3.05, 3.63) is 0 Å². The van der Waals surface area contributed by atoms with Crippen LogP contribution in [0.3, 0.4) is 0 Å². The van der Waals surface area contributed by atoms with Crippen molar-refractivity contribution >= 4 is 29.5 Å². The molecule has 21 heavy (non-hydrogen) atoms. The smallest absolute Gasteiger partial charge is 0.305 e. The predicted octanol–water partition coefficient (Wildman–Crippen LogP) is 0.416. The number of carbonyl (C=O) groups is 3. The number of rotatable bonds is 4. The third-order valence-electron chi connectivity index (χ3n) is 4.42. The summed E-state index contributed by atoms with van der Waals surface area (Å²) in [7, 11) is 0. The summed E-state index contributed by atoms with van der Waals surface area (Å²) in [6, 6.07) is 0.112. The Morgan fingerprint density at radius 3 is 2.76 bits per heavy atom. The Balaban J connectivity index is 1.65. The summed E-state index contributed by atoms with van der Waals surface area (Å²) in [4.78, 5) is 39.1. The van der Waals surface area contributed by atoms with Crippen LogP contribution in [-0.2, 0) is 14.4 Å². The monoisotopic (exact) mass is 312 g/mol. The molecular weight excluding hydrogens is 292 g/mol. The number of aliphatic carboxylic acids is 1. The first-order valence-corrected chi connectivity index (χ1v) is 8.61. The second-order valence-corrected chi connectivity index (χ2v) is 7.19. The van der Waals surface area contributed by atoms with E-state index in [0.29, 0.717) is 31.3 Å². The number of carbonyl (C=O) groups excluding carboxylic acids is 2. The molecule has 1 aliphatic carbocycles. The molecular formula is C14H20N2O4S. The highest BCUT2D eigenvalue weighted by Gasteiger charge is 2.44. The van der Waals surface area contributed by atoms with Crippen molar-refractivity contribution in [3.8, 4) is 0 Å². The molecule has 116 valence electrons. The molecule has 0 aromatic heterocycles. The van der Waals surface area contributed by atoms with Crippen molar-refractivity contribution in [1.29, 1.82) is 0 Å². The van der Waals surface area contributed by atoms with Crippen LogP contribution in [0.1, 0.15) is 25.7 Å². The van der Waals surface area contributed by atoms with Crippen LogP contribution in [0.4, 0.5) is 0 Å². The van der Waals surface area contributed by atoms with E-state index in [9.17, 15) is 14.4 Å². The molecule has 3 rings (SSSR count). The third-order valence-corrected chi connectivity index (χ3v) is 5.51. The lowest BCUT2D eigenvalue weighted by Gasteiger charge is -2.36. The minimum Gasteiger partial charge on any atom is -0.481 e. The molecule has 0 aromatic rings. The number of carboxylic acids is 1. The van der Waals surface area contributed by atoms with Gasteiger partial charge < -0.3 is 14.9 Å². The number of likely N-dealkylation sites (tertiary alicyclic amines) is 1. The molecule has 2 unspecified atom stereocenters. The molecule has 1 N–H and O–H groups in total. The summed E-state index contributed by atoms with van der Waals surface area (Å²) in [6.45, 7) is 1.11. The zero-order valence-corrected chi connectivity index (χ0v) is 12.7. The van der Waals surface area contributed by atoms with Gasteiger partial charge in [0.2, 0.25) is 11.8 Å². The van der Waals surface area contributed by atoms with E-state index >= 15 is 0 Å². The van der Waals surface area contributed by atoms with E-state index in [1.807, 2.05) is 4.90 Å². The van der Waals surface area contributed by atoms with Gasteiger partial charge in [0, 0.05) is 37.1 Å². The maximum atomic E-state index is 12.7. The molecule has 0 aromatic carbocycles. The fraction of sp³-hybridized carbons (Fsp3) is 0.786. The van der Waals surface area contributed by atoms with Crippen molar-refractivity contribution in [3.63, 3.8) is 0 Å². The minimum atomic E-state index is -0.873. The highest BCUT2D eigenvalue weighted by Crippen LogP contribution is 2.34. The second kappa shape index (κ2) is 5.87. The lowest BCUT2D eigenvalue weighted by molar-refractivity contribution is -0.142. The van der Waals surface area contributed by atoms with Gasteiger partial charge in [0.15, 0.2) is 0 Å². The SMILES string of the molecule is O=C(O)CC1CSCCN1C(=O)C1CC(=O)N(C2CC2)C1. The van der Waals surface area contributed by atoms with E-state index in [4.69, 9.17) is 5.11 Å². The van der Waals surface area contributed by atoms with E-state index in [2.05, 4.69) is 0 Å². The van der Waals surface area contributed by atoms with Gasteiger partial charge in [-0.25, -0.2) is 0 Å². The average Bonchev–Trinajstić information content (AvgIpc) is 3.21.